The molecule has 0 saturated heterocycles. The Hall–Kier alpha value is -1.81. The molecule has 102 valence electrons. The molecule has 0 saturated carbocycles. The third-order valence-electron chi connectivity index (χ3n) is 3.28. The summed E-state index contributed by atoms with van der Waals surface area (Å²) in [5.74, 6) is 0.931. The van der Waals surface area contributed by atoms with Gasteiger partial charge in [-0.05, 0) is 49.7 Å². The van der Waals surface area contributed by atoms with Gasteiger partial charge in [-0.3, -0.25) is 4.68 Å². The zero-order chi connectivity index (χ0) is 14.0. The van der Waals surface area contributed by atoms with Gasteiger partial charge in [0.1, 0.15) is 5.75 Å². The molecule has 0 atom stereocenters. The maximum atomic E-state index is 5.37. The van der Waals surface area contributed by atoms with E-state index in [0.717, 1.165) is 23.6 Å². The van der Waals surface area contributed by atoms with Gasteiger partial charge in [-0.25, -0.2) is 0 Å². The zero-order valence-corrected chi connectivity index (χ0v) is 12.2. The first-order valence-corrected chi connectivity index (χ1v) is 6.39. The van der Waals surface area contributed by atoms with Crippen LogP contribution in [-0.4, -0.2) is 23.9 Å². The summed E-state index contributed by atoms with van der Waals surface area (Å²) in [6.45, 7) is 4.93. The minimum Gasteiger partial charge on any atom is -0.496 e. The molecule has 1 heterocycles. The van der Waals surface area contributed by atoms with Crippen LogP contribution in [0.4, 0.5) is 0 Å². The van der Waals surface area contributed by atoms with Gasteiger partial charge in [0.15, 0.2) is 0 Å². The Labute approximate surface area is 114 Å². The number of hydrogen-bond acceptors (Lipinski definition) is 3. The van der Waals surface area contributed by atoms with Crippen molar-refractivity contribution in [3.05, 3.63) is 35.2 Å². The van der Waals surface area contributed by atoms with Crippen LogP contribution in [0.2, 0.25) is 0 Å². The van der Waals surface area contributed by atoms with Crippen molar-refractivity contribution >= 4 is 0 Å². The molecule has 0 aliphatic rings. The zero-order valence-electron chi connectivity index (χ0n) is 12.2. The van der Waals surface area contributed by atoms with Crippen molar-refractivity contribution in [2.75, 3.05) is 14.2 Å². The van der Waals surface area contributed by atoms with Gasteiger partial charge < -0.3 is 10.1 Å². The standard InChI is InChI=1S/C15H21N3O/c1-10-7-15(19-5)11(2)6-12(10)13-9-18(4)17-14(13)8-16-3/h6-7,9,16H,8H2,1-5H3. The molecule has 2 rings (SSSR count). The Morgan fingerprint density at radius 3 is 2.58 bits per heavy atom. The van der Waals surface area contributed by atoms with Crippen LogP contribution in [0.1, 0.15) is 16.8 Å². The van der Waals surface area contributed by atoms with E-state index in [1.165, 1.54) is 16.7 Å². The van der Waals surface area contributed by atoms with Crippen LogP contribution in [0.3, 0.4) is 0 Å². The van der Waals surface area contributed by atoms with Crippen molar-refractivity contribution in [2.24, 2.45) is 7.05 Å². The molecule has 1 aromatic heterocycles. The van der Waals surface area contributed by atoms with E-state index in [2.05, 4.69) is 42.6 Å². The van der Waals surface area contributed by atoms with Crippen LogP contribution < -0.4 is 10.1 Å². The van der Waals surface area contributed by atoms with Crippen LogP contribution in [0.25, 0.3) is 11.1 Å². The second kappa shape index (κ2) is 5.45. The highest BCUT2D eigenvalue weighted by atomic mass is 16.5. The van der Waals surface area contributed by atoms with E-state index in [4.69, 9.17) is 4.74 Å². The molecule has 0 bridgehead atoms. The number of rotatable bonds is 4. The lowest BCUT2D eigenvalue weighted by molar-refractivity contribution is 0.411. The summed E-state index contributed by atoms with van der Waals surface area (Å²) in [4.78, 5) is 0. The molecule has 0 unspecified atom stereocenters. The second-order valence-corrected chi connectivity index (χ2v) is 4.83. The molecule has 0 radical (unpaired) electrons. The third kappa shape index (κ3) is 2.63. The molecule has 1 N–H and O–H groups in total. The van der Waals surface area contributed by atoms with Gasteiger partial charge in [-0.1, -0.05) is 0 Å². The Bertz CT molecular complexity index is 587. The quantitative estimate of drug-likeness (QED) is 0.916. The number of ether oxygens (including phenoxy) is 1. The number of methoxy groups -OCH3 is 1. The summed E-state index contributed by atoms with van der Waals surface area (Å²) in [5, 5.41) is 7.68. The molecule has 1 aromatic carbocycles. The van der Waals surface area contributed by atoms with E-state index < -0.39 is 0 Å². The largest absolute Gasteiger partial charge is 0.496 e. The minimum atomic E-state index is 0.765. The van der Waals surface area contributed by atoms with Crippen LogP contribution in [0.15, 0.2) is 18.3 Å². The fraction of sp³-hybridized carbons (Fsp3) is 0.400. The maximum absolute atomic E-state index is 5.37. The van der Waals surface area contributed by atoms with Gasteiger partial charge in [-0.15, -0.1) is 0 Å². The number of benzene rings is 1. The Morgan fingerprint density at radius 1 is 1.21 bits per heavy atom. The average Bonchev–Trinajstić information content (AvgIpc) is 2.73. The van der Waals surface area contributed by atoms with Crippen LogP contribution in [0.5, 0.6) is 5.75 Å². The van der Waals surface area contributed by atoms with E-state index in [1.807, 2.05) is 18.8 Å². The number of aryl methyl sites for hydroxylation is 3. The molecule has 0 fully saturated rings. The molecular weight excluding hydrogens is 238 g/mol. The first-order chi connectivity index (χ1) is 9.06. The SMILES string of the molecule is CNCc1nn(C)cc1-c1cc(C)c(OC)cc1C. The van der Waals surface area contributed by atoms with Gasteiger partial charge in [0.25, 0.3) is 0 Å². The summed E-state index contributed by atoms with van der Waals surface area (Å²) in [6, 6.07) is 4.26. The van der Waals surface area contributed by atoms with Crippen molar-refractivity contribution in [1.82, 2.24) is 15.1 Å². The third-order valence-corrected chi connectivity index (χ3v) is 3.28. The Morgan fingerprint density at radius 2 is 1.95 bits per heavy atom. The molecule has 0 aliphatic carbocycles. The fourth-order valence-corrected chi connectivity index (χ4v) is 2.36. The Kier molecular flexibility index (Phi) is 3.90. The van der Waals surface area contributed by atoms with E-state index in [-0.39, 0.29) is 0 Å². The van der Waals surface area contributed by atoms with E-state index in [0.29, 0.717) is 0 Å². The van der Waals surface area contributed by atoms with E-state index >= 15 is 0 Å². The van der Waals surface area contributed by atoms with Gasteiger partial charge in [-0.2, -0.15) is 5.10 Å². The van der Waals surface area contributed by atoms with Crippen molar-refractivity contribution < 1.29 is 4.74 Å². The minimum absolute atomic E-state index is 0.765. The van der Waals surface area contributed by atoms with Crippen molar-refractivity contribution in [3.63, 3.8) is 0 Å². The van der Waals surface area contributed by atoms with Crippen LogP contribution in [-0.2, 0) is 13.6 Å². The Balaban J connectivity index is 2.55. The lowest BCUT2D eigenvalue weighted by atomic mass is 9.98. The predicted octanol–water partition coefficient (Wildman–Crippen LogP) is 2.43. The van der Waals surface area contributed by atoms with Gasteiger partial charge in [0.05, 0.1) is 12.8 Å². The van der Waals surface area contributed by atoms with Crippen molar-refractivity contribution in [3.8, 4) is 16.9 Å². The molecular formula is C15H21N3O. The molecule has 4 nitrogen and oxygen atoms in total. The summed E-state index contributed by atoms with van der Waals surface area (Å²) < 4.78 is 7.23. The normalized spacial score (nSPS) is 10.8. The topological polar surface area (TPSA) is 39.1 Å². The van der Waals surface area contributed by atoms with Crippen molar-refractivity contribution in [2.45, 2.75) is 20.4 Å². The highest BCUT2D eigenvalue weighted by molar-refractivity contribution is 5.71. The van der Waals surface area contributed by atoms with Gasteiger partial charge in [0.2, 0.25) is 0 Å². The van der Waals surface area contributed by atoms with E-state index in [1.54, 1.807) is 7.11 Å². The molecule has 0 amide bonds. The van der Waals surface area contributed by atoms with Crippen LogP contribution >= 0.6 is 0 Å². The fourth-order valence-electron chi connectivity index (χ4n) is 2.36. The van der Waals surface area contributed by atoms with Gasteiger partial charge >= 0.3 is 0 Å². The first kappa shape index (κ1) is 13.6. The average molecular weight is 259 g/mol. The maximum Gasteiger partial charge on any atom is 0.122 e. The highest BCUT2D eigenvalue weighted by Gasteiger charge is 2.13. The second-order valence-electron chi connectivity index (χ2n) is 4.83. The highest BCUT2D eigenvalue weighted by Crippen LogP contribution is 2.31. The van der Waals surface area contributed by atoms with Crippen molar-refractivity contribution in [1.29, 1.82) is 0 Å². The molecule has 2 aromatic rings. The summed E-state index contributed by atoms with van der Waals surface area (Å²) >= 11 is 0. The number of nitrogens with one attached hydrogen (secondary N) is 1. The number of aromatic nitrogens is 2. The molecule has 0 spiro atoms. The van der Waals surface area contributed by atoms with Gasteiger partial charge in [0, 0.05) is 25.4 Å². The summed E-state index contributed by atoms with van der Waals surface area (Å²) in [6.07, 6.45) is 2.07. The monoisotopic (exact) mass is 259 g/mol. The van der Waals surface area contributed by atoms with Crippen LogP contribution in [0, 0.1) is 13.8 Å². The predicted molar refractivity (Wildman–Crippen MR) is 77.4 cm³/mol. The number of nitrogens with zero attached hydrogens (tertiary/aromatic N) is 2. The lowest BCUT2D eigenvalue weighted by Crippen LogP contribution is -2.07. The summed E-state index contributed by atoms with van der Waals surface area (Å²) in [7, 11) is 5.59. The molecule has 19 heavy (non-hydrogen) atoms. The molecule has 0 aliphatic heterocycles. The summed E-state index contributed by atoms with van der Waals surface area (Å²) in [5.41, 5.74) is 5.81. The lowest BCUT2D eigenvalue weighted by Gasteiger charge is -2.11. The smallest absolute Gasteiger partial charge is 0.122 e. The number of hydrogen-bond donors (Lipinski definition) is 1. The van der Waals surface area contributed by atoms with E-state index in [9.17, 15) is 0 Å². The first-order valence-electron chi connectivity index (χ1n) is 6.39. The molecule has 4 heteroatoms.